The molecule has 1 aromatic carbocycles. The zero-order chi connectivity index (χ0) is 16.0. The summed E-state index contributed by atoms with van der Waals surface area (Å²) in [5.41, 5.74) is 1.18. The van der Waals surface area contributed by atoms with Gasteiger partial charge in [-0.2, -0.15) is 0 Å². The predicted octanol–water partition coefficient (Wildman–Crippen LogP) is 3.20. The summed E-state index contributed by atoms with van der Waals surface area (Å²) in [7, 11) is -3.03. The molecule has 2 atom stereocenters. The second-order valence-corrected chi connectivity index (χ2v) is 10.0. The van der Waals surface area contributed by atoms with E-state index in [-0.39, 0.29) is 10.5 Å². The summed E-state index contributed by atoms with van der Waals surface area (Å²) < 4.78 is 24.8. The van der Waals surface area contributed by atoms with Gasteiger partial charge >= 0.3 is 0 Å². The second-order valence-electron chi connectivity index (χ2n) is 7.50. The molecule has 0 aromatic heterocycles. The minimum Gasteiger partial charge on any atom is -0.385 e. The monoisotopic (exact) mass is 322 g/mol. The summed E-state index contributed by atoms with van der Waals surface area (Å²) in [6.07, 6.45) is 4.11. The fourth-order valence-electron chi connectivity index (χ4n) is 4.11. The van der Waals surface area contributed by atoms with E-state index in [1.807, 2.05) is 12.1 Å². The lowest BCUT2D eigenvalue weighted by Gasteiger charge is -2.44. The Morgan fingerprint density at radius 1 is 1.14 bits per heavy atom. The highest BCUT2D eigenvalue weighted by molar-refractivity contribution is 7.92. The van der Waals surface area contributed by atoms with Crippen molar-refractivity contribution in [2.75, 3.05) is 0 Å². The van der Waals surface area contributed by atoms with Gasteiger partial charge in [-0.3, -0.25) is 0 Å². The van der Waals surface area contributed by atoms with Crippen LogP contribution in [0.15, 0.2) is 24.3 Å². The third-order valence-electron chi connectivity index (χ3n) is 5.25. The summed E-state index contributed by atoms with van der Waals surface area (Å²) in [5, 5.41) is 10.4. The third-order valence-corrected chi connectivity index (χ3v) is 7.91. The van der Waals surface area contributed by atoms with Gasteiger partial charge in [0.25, 0.3) is 0 Å². The zero-order valence-corrected chi connectivity index (χ0v) is 14.3. The smallest absolute Gasteiger partial charge is 0.156 e. The van der Waals surface area contributed by atoms with Crippen LogP contribution in [0, 0.1) is 5.92 Å². The van der Waals surface area contributed by atoms with Crippen molar-refractivity contribution in [1.82, 2.24) is 0 Å². The summed E-state index contributed by atoms with van der Waals surface area (Å²) >= 11 is 0. The number of benzene rings is 1. The van der Waals surface area contributed by atoms with Crippen molar-refractivity contribution in [3.8, 4) is 0 Å². The molecule has 0 aliphatic carbocycles. The minimum absolute atomic E-state index is 0.357. The van der Waals surface area contributed by atoms with Gasteiger partial charge in [-0.1, -0.05) is 44.5 Å². The van der Waals surface area contributed by atoms with Gasteiger partial charge in [0.05, 0.1) is 16.1 Å². The average molecular weight is 322 g/mol. The van der Waals surface area contributed by atoms with Crippen molar-refractivity contribution in [2.24, 2.45) is 5.92 Å². The number of sulfone groups is 1. The molecule has 2 unspecified atom stereocenters. The van der Waals surface area contributed by atoms with Crippen LogP contribution in [0.5, 0.6) is 0 Å². The van der Waals surface area contributed by atoms with Crippen molar-refractivity contribution in [1.29, 1.82) is 0 Å². The maximum atomic E-state index is 12.4. The van der Waals surface area contributed by atoms with E-state index < -0.39 is 15.4 Å². The van der Waals surface area contributed by atoms with Gasteiger partial charge in [0.1, 0.15) is 0 Å². The first-order valence-corrected chi connectivity index (χ1v) is 9.97. The van der Waals surface area contributed by atoms with Crippen LogP contribution in [0.1, 0.15) is 57.1 Å². The Morgan fingerprint density at radius 3 is 2.18 bits per heavy atom. The van der Waals surface area contributed by atoms with Crippen LogP contribution in [0.4, 0.5) is 0 Å². The molecule has 0 saturated carbocycles. The molecule has 2 aliphatic heterocycles. The van der Waals surface area contributed by atoms with Crippen LogP contribution in [0.3, 0.4) is 0 Å². The van der Waals surface area contributed by atoms with Gasteiger partial charge in [-0.05, 0) is 49.1 Å². The van der Waals surface area contributed by atoms with E-state index in [9.17, 15) is 13.5 Å². The number of hydrogen-bond acceptors (Lipinski definition) is 3. The molecule has 2 fully saturated rings. The third kappa shape index (κ3) is 2.83. The van der Waals surface area contributed by atoms with Crippen LogP contribution in [-0.2, 0) is 21.9 Å². The first-order chi connectivity index (χ1) is 10.3. The van der Waals surface area contributed by atoms with Gasteiger partial charge in [0, 0.05) is 0 Å². The average Bonchev–Trinajstić information content (AvgIpc) is 2.41. The Morgan fingerprint density at radius 2 is 1.68 bits per heavy atom. The largest absolute Gasteiger partial charge is 0.385 e. The molecule has 2 heterocycles. The van der Waals surface area contributed by atoms with Crippen LogP contribution in [0.2, 0.25) is 0 Å². The van der Waals surface area contributed by atoms with E-state index >= 15 is 0 Å². The van der Waals surface area contributed by atoms with Gasteiger partial charge < -0.3 is 5.11 Å². The van der Waals surface area contributed by atoms with E-state index in [0.29, 0.717) is 31.6 Å². The van der Waals surface area contributed by atoms with Gasteiger partial charge in [0.15, 0.2) is 9.84 Å². The van der Waals surface area contributed by atoms with Crippen molar-refractivity contribution >= 4 is 9.84 Å². The fraction of sp³-hybridized carbons (Fsp3) is 0.667. The second kappa shape index (κ2) is 5.64. The first-order valence-electron chi connectivity index (χ1n) is 8.36. The molecule has 1 aromatic rings. The molecule has 122 valence electrons. The summed E-state index contributed by atoms with van der Waals surface area (Å²) in [6, 6.07) is 8.13. The Hall–Kier alpha value is -0.870. The van der Waals surface area contributed by atoms with Crippen LogP contribution >= 0.6 is 0 Å². The molecule has 0 radical (unpaired) electrons. The lowest BCUT2D eigenvalue weighted by Crippen LogP contribution is -2.50. The summed E-state index contributed by atoms with van der Waals surface area (Å²) in [4.78, 5) is 0. The Kier molecular flexibility index (Phi) is 4.11. The lowest BCUT2D eigenvalue weighted by molar-refractivity contribution is 0.00500. The molecule has 2 bridgehead atoms. The molecule has 4 heteroatoms. The van der Waals surface area contributed by atoms with E-state index in [2.05, 4.69) is 26.0 Å². The van der Waals surface area contributed by atoms with Crippen molar-refractivity contribution in [2.45, 2.75) is 68.5 Å². The number of rotatable bonds is 3. The van der Waals surface area contributed by atoms with Crippen molar-refractivity contribution < 1.29 is 13.5 Å². The lowest BCUT2D eigenvalue weighted by atomic mass is 9.80. The molecule has 1 N–H and O–H groups in total. The molecule has 3 nitrogen and oxygen atoms in total. The molecule has 0 spiro atoms. The Bertz CT molecular complexity index is 611. The molecule has 2 aliphatic rings. The highest BCUT2D eigenvalue weighted by Crippen LogP contribution is 2.46. The maximum absolute atomic E-state index is 12.4. The summed E-state index contributed by atoms with van der Waals surface area (Å²) in [6.45, 7) is 4.38. The quantitative estimate of drug-likeness (QED) is 0.930. The standard InChI is InChI=1S/C18H26O3S/c1-13(2)10-14-6-8-15(9-7-14)18(19)11-16-4-3-5-17(12-18)22(16,20)21/h6-9,13,16-17,19H,3-5,10-12H2,1-2H3. The molecule has 22 heavy (non-hydrogen) atoms. The molecular weight excluding hydrogens is 296 g/mol. The van der Waals surface area contributed by atoms with Gasteiger partial charge in [-0.25, -0.2) is 8.42 Å². The molecular formula is C18H26O3S. The normalized spacial score (nSPS) is 33.8. The molecule has 0 amide bonds. The number of aliphatic hydroxyl groups is 1. The van der Waals surface area contributed by atoms with Crippen LogP contribution < -0.4 is 0 Å². The van der Waals surface area contributed by atoms with Crippen molar-refractivity contribution in [3.05, 3.63) is 35.4 Å². The minimum atomic E-state index is -3.03. The zero-order valence-electron chi connectivity index (χ0n) is 13.5. The van der Waals surface area contributed by atoms with Crippen LogP contribution in [0.25, 0.3) is 0 Å². The Labute approximate surface area is 133 Å². The van der Waals surface area contributed by atoms with Gasteiger partial charge in [-0.15, -0.1) is 0 Å². The maximum Gasteiger partial charge on any atom is 0.156 e. The van der Waals surface area contributed by atoms with E-state index in [0.717, 1.165) is 18.4 Å². The van der Waals surface area contributed by atoms with E-state index in [4.69, 9.17) is 0 Å². The number of hydrogen-bond donors (Lipinski definition) is 1. The van der Waals surface area contributed by atoms with E-state index in [1.165, 1.54) is 5.56 Å². The SMILES string of the molecule is CC(C)Cc1ccc(C2(O)CC3CCCC(C2)S3(=O)=O)cc1. The Balaban J connectivity index is 1.85. The number of fused-ring (bicyclic) bond motifs is 2. The molecule has 3 rings (SSSR count). The first kappa shape index (κ1) is 16.0. The van der Waals surface area contributed by atoms with E-state index in [1.54, 1.807) is 0 Å². The predicted molar refractivity (Wildman–Crippen MR) is 88.5 cm³/mol. The summed E-state index contributed by atoms with van der Waals surface area (Å²) in [5.74, 6) is 0.605. The fourth-order valence-corrected chi connectivity index (χ4v) is 6.66. The van der Waals surface area contributed by atoms with Crippen molar-refractivity contribution in [3.63, 3.8) is 0 Å². The topological polar surface area (TPSA) is 54.4 Å². The highest BCUT2D eigenvalue weighted by atomic mass is 32.2. The molecule has 2 saturated heterocycles. The van der Waals surface area contributed by atoms with Gasteiger partial charge in [0.2, 0.25) is 0 Å². The van der Waals surface area contributed by atoms with Crippen LogP contribution in [-0.4, -0.2) is 24.0 Å². The highest BCUT2D eigenvalue weighted by Gasteiger charge is 2.50.